The third-order valence-electron chi connectivity index (χ3n) is 3.46. The monoisotopic (exact) mass is 297 g/mol. The van der Waals surface area contributed by atoms with Gasteiger partial charge in [-0.1, -0.05) is 30.3 Å². The maximum atomic E-state index is 6.05. The van der Waals surface area contributed by atoms with Gasteiger partial charge < -0.3 is 4.74 Å². The predicted octanol–water partition coefficient (Wildman–Crippen LogP) is 5.38. The minimum atomic E-state index is 0.373. The van der Waals surface area contributed by atoms with Crippen LogP contribution in [0.2, 0.25) is 0 Å². The largest absolute Gasteiger partial charge is 0.438 e. The van der Waals surface area contributed by atoms with Gasteiger partial charge in [-0.05, 0) is 43.2 Å². The van der Waals surface area contributed by atoms with E-state index >= 15 is 0 Å². The molecule has 3 aromatic rings. The molecule has 0 fully saturated rings. The summed E-state index contributed by atoms with van der Waals surface area (Å²) in [5.41, 5.74) is 4.04. The molecule has 21 heavy (non-hydrogen) atoms. The third kappa shape index (κ3) is 2.86. The molecule has 0 amide bonds. The van der Waals surface area contributed by atoms with Crippen LogP contribution in [0.1, 0.15) is 16.7 Å². The van der Waals surface area contributed by atoms with E-state index in [1.165, 1.54) is 0 Å². The average Bonchev–Trinajstić information content (AvgIpc) is 2.50. The number of ether oxygens (including phenoxy) is 1. The second-order valence-corrected chi connectivity index (χ2v) is 5.42. The number of halogens is 1. The van der Waals surface area contributed by atoms with Crippen LogP contribution in [0.4, 0.5) is 0 Å². The van der Waals surface area contributed by atoms with Crippen LogP contribution in [0.15, 0.2) is 48.5 Å². The van der Waals surface area contributed by atoms with Crippen LogP contribution >= 0.6 is 11.6 Å². The number of rotatable bonds is 3. The molecule has 0 atom stereocenters. The number of para-hydroxylation sites is 1. The lowest BCUT2D eigenvalue weighted by Crippen LogP contribution is -1.96. The SMILES string of the molecule is Cc1ccc(C)c(Oc2nc3ccccc3cc2CCl)c1. The zero-order valence-corrected chi connectivity index (χ0v) is 12.8. The zero-order valence-electron chi connectivity index (χ0n) is 12.1. The Hall–Kier alpha value is -2.06. The Labute approximate surface area is 129 Å². The normalized spacial score (nSPS) is 10.8. The average molecular weight is 298 g/mol. The van der Waals surface area contributed by atoms with Crippen molar-refractivity contribution in [1.82, 2.24) is 4.98 Å². The van der Waals surface area contributed by atoms with E-state index in [1.807, 2.05) is 56.3 Å². The van der Waals surface area contributed by atoms with Gasteiger partial charge in [0, 0.05) is 10.9 Å². The molecule has 0 bridgehead atoms. The van der Waals surface area contributed by atoms with Crippen LogP contribution < -0.4 is 4.74 Å². The van der Waals surface area contributed by atoms with Crippen molar-refractivity contribution >= 4 is 22.5 Å². The molecular weight excluding hydrogens is 282 g/mol. The van der Waals surface area contributed by atoms with E-state index in [1.54, 1.807) is 0 Å². The number of benzene rings is 2. The molecule has 2 aromatic carbocycles. The topological polar surface area (TPSA) is 22.1 Å². The Balaban J connectivity index is 2.08. The number of aromatic nitrogens is 1. The number of fused-ring (bicyclic) bond motifs is 1. The molecule has 0 aliphatic carbocycles. The highest BCUT2D eigenvalue weighted by Gasteiger charge is 2.10. The molecular formula is C18H16ClNO. The quantitative estimate of drug-likeness (QED) is 0.605. The van der Waals surface area contributed by atoms with Crippen LogP contribution in [0.5, 0.6) is 11.6 Å². The highest BCUT2D eigenvalue weighted by Crippen LogP contribution is 2.30. The van der Waals surface area contributed by atoms with Crippen molar-refractivity contribution in [3.63, 3.8) is 0 Å². The lowest BCUT2D eigenvalue weighted by atomic mass is 10.1. The summed E-state index contributed by atoms with van der Waals surface area (Å²) in [5, 5.41) is 1.07. The van der Waals surface area contributed by atoms with E-state index in [4.69, 9.17) is 16.3 Å². The lowest BCUT2D eigenvalue weighted by molar-refractivity contribution is 0.457. The van der Waals surface area contributed by atoms with Gasteiger partial charge in [-0.25, -0.2) is 4.98 Å². The molecule has 0 N–H and O–H groups in total. The summed E-state index contributed by atoms with van der Waals surface area (Å²) in [6.45, 7) is 4.07. The molecule has 0 aliphatic rings. The number of pyridine rings is 1. The first kappa shape index (κ1) is 13.9. The predicted molar refractivity (Wildman–Crippen MR) is 87.3 cm³/mol. The highest BCUT2D eigenvalue weighted by atomic mass is 35.5. The molecule has 0 aliphatic heterocycles. The Bertz CT molecular complexity index is 798. The van der Waals surface area contributed by atoms with E-state index in [0.29, 0.717) is 11.8 Å². The molecule has 3 heteroatoms. The maximum absolute atomic E-state index is 6.05. The summed E-state index contributed by atoms with van der Waals surface area (Å²) < 4.78 is 6.02. The summed E-state index contributed by atoms with van der Waals surface area (Å²) in [5.74, 6) is 1.78. The fraction of sp³-hybridized carbons (Fsp3) is 0.167. The van der Waals surface area contributed by atoms with E-state index in [9.17, 15) is 0 Å². The second-order valence-electron chi connectivity index (χ2n) is 5.15. The van der Waals surface area contributed by atoms with Gasteiger partial charge in [0.1, 0.15) is 5.75 Å². The number of hydrogen-bond donors (Lipinski definition) is 0. The maximum Gasteiger partial charge on any atom is 0.224 e. The van der Waals surface area contributed by atoms with Crippen molar-refractivity contribution < 1.29 is 4.74 Å². The molecule has 0 unspecified atom stereocenters. The van der Waals surface area contributed by atoms with Gasteiger partial charge >= 0.3 is 0 Å². The van der Waals surface area contributed by atoms with Gasteiger partial charge in [-0.2, -0.15) is 0 Å². The lowest BCUT2D eigenvalue weighted by Gasteiger charge is -2.12. The Morgan fingerprint density at radius 2 is 1.86 bits per heavy atom. The summed E-state index contributed by atoms with van der Waals surface area (Å²) in [6, 6.07) is 16.1. The first-order chi connectivity index (χ1) is 10.2. The number of nitrogens with zero attached hydrogens (tertiary/aromatic N) is 1. The molecule has 1 heterocycles. The molecule has 3 rings (SSSR count). The summed E-state index contributed by atoms with van der Waals surface area (Å²) in [4.78, 5) is 4.61. The first-order valence-corrected chi connectivity index (χ1v) is 7.40. The van der Waals surface area contributed by atoms with Crippen molar-refractivity contribution in [2.45, 2.75) is 19.7 Å². The zero-order chi connectivity index (χ0) is 14.8. The Morgan fingerprint density at radius 3 is 2.67 bits per heavy atom. The Kier molecular flexibility index (Phi) is 3.80. The van der Waals surface area contributed by atoms with Crippen molar-refractivity contribution in [2.24, 2.45) is 0 Å². The van der Waals surface area contributed by atoms with E-state index in [2.05, 4.69) is 11.1 Å². The molecule has 2 nitrogen and oxygen atoms in total. The fourth-order valence-electron chi connectivity index (χ4n) is 2.25. The highest BCUT2D eigenvalue weighted by molar-refractivity contribution is 6.17. The van der Waals surface area contributed by atoms with Gasteiger partial charge in [0.05, 0.1) is 11.4 Å². The van der Waals surface area contributed by atoms with Gasteiger partial charge in [-0.3, -0.25) is 0 Å². The van der Waals surface area contributed by atoms with Crippen LogP contribution in [-0.2, 0) is 5.88 Å². The van der Waals surface area contributed by atoms with Crippen LogP contribution in [0.3, 0.4) is 0 Å². The van der Waals surface area contributed by atoms with Crippen molar-refractivity contribution in [1.29, 1.82) is 0 Å². The van der Waals surface area contributed by atoms with Gasteiger partial charge in [0.15, 0.2) is 0 Å². The molecule has 0 radical (unpaired) electrons. The third-order valence-corrected chi connectivity index (χ3v) is 3.75. The second kappa shape index (κ2) is 5.74. The minimum absolute atomic E-state index is 0.373. The molecule has 0 spiro atoms. The van der Waals surface area contributed by atoms with E-state index < -0.39 is 0 Å². The van der Waals surface area contributed by atoms with Crippen LogP contribution in [-0.4, -0.2) is 4.98 Å². The minimum Gasteiger partial charge on any atom is -0.438 e. The summed E-state index contributed by atoms with van der Waals surface area (Å²) in [7, 11) is 0. The van der Waals surface area contributed by atoms with Crippen LogP contribution in [0.25, 0.3) is 10.9 Å². The van der Waals surface area contributed by atoms with Gasteiger partial charge in [-0.15, -0.1) is 11.6 Å². The number of hydrogen-bond acceptors (Lipinski definition) is 2. The van der Waals surface area contributed by atoms with Crippen molar-refractivity contribution in [3.8, 4) is 11.6 Å². The summed E-state index contributed by atoms with van der Waals surface area (Å²) >= 11 is 6.05. The van der Waals surface area contributed by atoms with Crippen molar-refractivity contribution in [2.75, 3.05) is 0 Å². The standard InChI is InChI=1S/C18H16ClNO/c1-12-7-8-13(2)17(9-12)21-18-15(11-19)10-14-5-3-4-6-16(14)20-18/h3-10H,11H2,1-2H3. The van der Waals surface area contributed by atoms with Crippen molar-refractivity contribution in [3.05, 3.63) is 65.2 Å². The van der Waals surface area contributed by atoms with E-state index in [-0.39, 0.29) is 0 Å². The van der Waals surface area contributed by atoms with Gasteiger partial charge in [0.25, 0.3) is 0 Å². The van der Waals surface area contributed by atoms with E-state index in [0.717, 1.165) is 33.3 Å². The smallest absolute Gasteiger partial charge is 0.224 e. The fourth-order valence-corrected chi connectivity index (χ4v) is 2.44. The summed E-state index contributed by atoms with van der Waals surface area (Å²) in [6.07, 6.45) is 0. The first-order valence-electron chi connectivity index (χ1n) is 6.87. The molecule has 0 saturated heterocycles. The number of alkyl halides is 1. The Morgan fingerprint density at radius 1 is 1.05 bits per heavy atom. The van der Waals surface area contributed by atoms with Gasteiger partial charge in [0.2, 0.25) is 5.88 Å². The molecule has 1 aromatic heterocycles. The number of aryl methyl sites for hydroxylation is 2. The molecule has 106 valence electrons. The molecule has 0 saturated carbocycles. The van der Waals surface area contributed by atoms with Crippen LogP contribution in [0, 0.1) is 13.8 Å².